The van der Waals surface area contributed by atoms with E-state index < -0.39 is 0 Å². The average Bonchev–Trinajstić information content (AvgIpc) is 1.73. The third kappa shape index (κ3) is 0.420. The van der Waals surface area contributed by atoms with Crippen molar-refractivity contribution in [3.63, 3.8) is 0 Å². The molecule has 0 aromatic rings. The Morgan fingerprint density at radius 2 is 1.83 bits per heavy atom. The summed E-state index contributed by atoms with van der Waals surface area (Å²) in [6.07, 6.45) is 0. The third-order valence-electron chi connectivity index (χ3n) is 1.13. The smallest absolute Gasteiger partial charge is 0.0555 e. The third-order valence-corrected chi connectivity index (χ3v) is 1.13. The lowest BCUT2D eigenvalue weighted by atomic mass is 10.2. The maximum atomic E-state index is 8.53. The summed E-state index contributed by atoms with van der Waals surface area (Å²) in [6, 6.07) is 0. The summed E-state index contributed by atoms with van der Waals surface area (Å²) in [5.41, 5.74) is 0.0972. The molecule has 1 aliphatic rings. The van der Waals surface area contributed by atoms with Gasteiger partial charge in [-0.05, 0) is 13.8 Å². The van der Waals surface area contributed by atoms with Crippen molar-refractivity contribution in [2.75, 3.05) is 6.54 Å². The minimum Gasteiger partial charge on any atom is -0.313 e. The molecule has 1 fully saturated rings. The maximum Gasteiger partial charge on any atom is 0.0555 e. The van der Waals surface area contributed by atoms with Crippen LogP contribution in [0.1, 0.15) is 13.8 Å². The second-order valence-corrected chi connectivity index (χ2v) is 2.37. The summed E-state index contributed by atoms with van der Waals surface area (Å²) in [6.45, 7) is 4.81. The Bertz CT molecular complexity index is 69.9. The van der Waals surface area contributed by atoms with Crippen LogP contribution in [-0.4, -0.2) is 22.4 Å². The largest absolute Gasteiger partial charge is 0.313 e. The molecule has 36 valence electrons. The van der Waals surface area contributed by atoms with E-state index in [-0.39, 0.29) is 5.54 Å². The Hall–Kier alpha value is -0.0800. The fourth-order valence-corrected chi connectivity index (χ4v) is 0.331. The first-order valence-corrected chi connectivity index (χ1v) is 2.09. The van der Waals surface area contributed by atoms with Crippen molar-refractivity contribution < 1.29 is 5.21 Å². The molecule has 1 N–H and O–H groups in total. The van der Waals surface area contributed by atoms with Gasteiger partial charge in [-0.25, -0.2) is 0 Å². The van der Waals surface area contributed by atoms with Crippen LogP contribution < -0.4 is 0 Å². The highest BCUT2D eigenvalue weighted by Gasteiger charge is 2.41. The first-order valence-electron chi connectivity index (χ1n) is 2.09. The van der Waals surface area contributed by atoms with Crippen molar-refractivity contribution in [1.29, 1.82) is 0 Å². The van der Waals surface area contributed by atoms with Crippen LogP contribution in [0.5, 0.6) is 0 Å². The van der Waals surface area contributed by atoms with E-state index in [1.165, 1.54) is 5.06 Å². The van der Waals surface area contributed by atoms with E-state index in [0.717, 1.165) is 6.54 Å². The Morgan fingerprint density at radius 1 is 1.67 bits per heavy atom. The van der Waals surface area contributed by atoms with E-state index in [1.54, 1.807) is 0 Å². The Labute approximate surface area is 37.3 Å². The molecule has 0 aromatic heterocycles. The van der Waals surface area contributed by atoms with Crippen LogP contribution in [0.3, 0.4) is 0 Å². The van der Waals surface area contributed by atoms with Gasteiger partial charge in [0, 0.05) is 6.54 Å². The Kier molecular flexibility index (Phi) is 0.524. The molecule has 1 unspecified atom stereocenters. The lowest BCUT2D eigenvalue weighted by Crippen LogP contribution is -2.02. The van der Waals surface area contributed by atoms with Crippen molar-refractivity contribution in [3.8, 4) is 0 Å². The highest BCUT2D eigenvalue weighted by Crippen LogP contribution is 2.26. The molecule has 0 bridgehead atoms. The van der Waals surface area contributed by atoms with Gasteiger partial charge in [0.1, 0.15) is 0 Å². The maximum absolute atomic E-state index is 8.53. The van der Waals surface area contributed by atoms with E-state index in [0.29, 0.717) is 0 Å². The molecule has 1 aliphatic heterocycles. The Morgan fingerprint density at radius 3 is 1.83 bits per heavy atom. The zero-order valence-corrected chi connectivity index (χ0v) is 4.10. The molecule has 0 radical (unpaired) electrons. The zero-order valence-electron chi connectivity index (χ0n) is 4.10. The number of rotatable bonds is 0. The Balaban J connectivity index is 2.41. The van der Waals surface area contributed by atoms with Crippen LogP contribution in [-0.2, 0) is 0 Å². The summed E-state index contributed by atoms with van der Waals surface area (Å²) in [5, 5.41) is 9.84. The van der Waals surface area contributed by atoms with Crippen molar-refractivity contribution >= 4 is 0 Å². The van der Waals surface area contributed by atoms with Crippen LogP contribution in [0, 0.1) is 0 Å². The monoisotopic (exact) mass is 87.1 g/mol. The average molecular weight is 87.1 g/mol. The van der Waals surface area contributed by atoms with Gasteiger partial charge in [-0.2, -0.15) is 5.06 Å². The SMILES string of the molecule is CC1(C)CN1O. The summed E-state index contributed by atoms with van der Waals surface area (Å²) in [4.78, 5) is 0. The molecule has 1 atom stereocenters. The highest BCUT2D eigenvalue weighted by molar-refractivity contribution is 4.92. The van der Waals surface area contributed by atoms with Crippen LogP contribution in [0.15, 0.2) is 0 Å². The van der Waals surface area contributed by atoms with E-state index in [4.69, 9.17) is 5.21 Å². The van der Waals surface area contributed by atoms with Crippen molar-refractivity contribution in [3.05, 3.63) is 0 Å². The number of nitrogens with zero attached hydrogens (tertiary/aromatic N) is 1. The van der Waals surface area contributed by atoms with Crippen LogP contribution in [0.2, 0.25) is 0 Å². The second-order valence-electron chi connectivity index (χ2n) is 2.37. The summed E-state index contributed by atoms with van der Waals surface area (Å²) < 4.78 is 0. The van der Waals surface area contributed by atoms with Gasteiger partial charge in [-0.3, -0.25) is 0 Å². The number of hydrogen-bond donors (Lipinski definition) is 1. The predicted octanol–water partition coefficient (Wildman–Crippen LogP) is 0.470. The molecule has 0 spiro atoms. The van der Waals surface area contributed by atoms with E-state index in [1.807, 2.05) is 13.8 Å². The fourth-order valence-electron chi connectivity index (χ4n) is 0.331. The molecule has 2 heteroatoms. The molecule has 1 saturated heterocycles. The van der Waals surface area contributed by atoms with Crippen molar-refractivity contribution in [2.45, 2.75) is 19.4 Å². The first-order chi connectivity index (χ1) is 2.63. The molecule has 6 heavy (non-hydrogen) atoms. The van der Waals surface area contributed by atoms with Gasteiger partial charge in [0.15, 0.2) is 0 Å². The van der Waals surface area contributed by atoms with Gasteiger partial charge < -0.3 is 5.21 Å². The van der Waals surface area contributed by atoms with Gasteiger partial charge in [-0.15, -0.1) is 0 Å². The highest BCUT2D eigenvalue weighted by atomic mass is 16.5. The number of hydrogen-bond acceptors (Lipinski definition) is 2. The first kappa shape index (κ1) is 4.09. The quantitative estimate of drug-likeness (QED) is 0.434. The predicted molar refractivity (Wildman–Crippen MR) is 22.6 cm³/mol. The second kappa shape index (κ2) is 0.768. The fraction of sp³-hybridized carbons (Fsp3) is 1.00. The van der Waals surface area contributed by atoms with E-state index >= 15 is 0 Å². The van der Waals surface area contributed by atoms with Crippen LogP contribution in [0.25, 0.3) is 0 Å². The van der Waals surface area contributed by atoms with Crippen molar-refractivity contribution in [2.24, 2.45) is 0 Å². The minimum absolute atomic E-state index is 0.0972. The summed E-state index contributed by atoms with van der Waals surface area (Å²) >= 11 is 0. The lowest BCUT2D eigenvalue weighted by molar-refractivity contribution is 0.00171. The zero-order chi connectivity index (χ0) is 4.78. The standard InChI is InChI=1S/C4H9NO/c1-4(2)3-5(4)6/h6H,3H2,1-2H3. The van der Waals surface area contributed by atoms with Crippen LogP contribution in [0.4, 0.5) is 0 Å². The minimum atomic E-state index is 0.0972. The topological polar surface area (TPSA) is 23.2 Å². The van der Waals surface area contributed by atoms with Gasteiger partial charge in [0.25, 0.3) is 0 Å². The molecular weight excluding hydrogens is 78.0 g/mol. The molecular formula is C4H9NO. The van der Waals surface area contributed by atoms with E-state index in [2.05, 4.69) is 0 Å². The van der Waals surface area contributed by atoms with Crippen molar-refractivity contribution in [1.82, 2.24) is 5.06 Å². The molecule has 0 aliphatic carbocycles. The van der Waals surface area contributed by atoms with Gasteiger partial charge in [0.2, 0.25) is 0 Å². The number of hydroxylamine groups is 2. The van der Waals surface area contributed by atoms with Gasteiger partial charge in [0.05, 0.1) is 5.54 Å². The lowest BCUT2D eigenvalue weighted by Gasteiger charge is -1.92. The molecule has 0 amide bonds. The van der Waals surface area contributed by atoms with Gasteiger partial charge >= 0.3 is 0 Å². The molecule has 2 nitrogen and oxygen atoms in total. The van der Waals surface area contributed by atoms with E-state index in [9.17, 15) is 0 Å². The normalized spacial score (nSPS) is 39.5. The molecule has 1 rings (SSSR count). The summed E-state index contributed by atoms with van der Waals surface area (Å²) in [7, 11) is 0. The molecule has 0 aromatic carbocycles. The van der Waals surface area contributed by atoms with Gasteiger partial charge in [-0.1, -0.05) is 0 Å². The molecule has 0 saturated carbocycles. The van der Waals surface area contributed by atoms with Crippen LogP contribution >= 0.6 is 0 Å². The summed E-state index contributed by atoms with van der Waals surface area (Å²) in [5.74, 6) is 0. The molecule has 1 heterocycles.